The fourth-order valence-corrected chi connectivity index (χ4v) is 4.93. The summed E-state index contributed by atoms with van der Waals surface area (Å²) in [5.41, 5.74) is -0.0755. The van der Waals surface area contributed by atoms with Crippen molar-refractivity contribution in [3.63, 3.8) is 0 Å². The second-order valence-electron chi connectivity index (χ2n) is 6.93. The van der Waals surface area contributed by atoms with Crippen molar-refractivity contribution >= 4 is 52.2 Å². The predicted octanol–water partition coefficient (Wildman–Crippen LogP) is 4.86. The van der Waals surface area contributed by atoms with E-state index >= 15 is 0 Å². The average Bonchev–Trinajstić information content (AvgIpc) is 2.64. The van der Waals surface area contributed by atoms with Crippen LogP contribution in [0.15, 0.2) is 36.4 Å². The summed E-state index contributed by atoms with van der Waals surface area (Å²) in [7, 11) is 0. The van der Waals surface area contributed by atoms with E-state index < -0.39 is 23.7 Å². The Hall–Kier alpha value is -2.09. The van der Waals surface area contributed by atoms with Crippen molar-refractivity contribution in [2.45, 2.75) is 25.6 Å². The number of hydrogen-bond acceptors (Lipinski definition) is 4. The molecule has 152 valence electrons. The van der Waals surface area contributed by atoms with Crippen molar-refractivity contribution in [3.05, 3.63) is 57.8 Å². The molecule has 0 amide bonds. The highest BCUT2D eigenvalue weighted by atomic mass is 35.5. The first-order valence-corrected chi connectivity index (χ1v) is 10.1. The third-order valence-corrected chi connectivity index (χ3v) is 5.94. The fraction of sp³-hybridized carbons (Fsp3) is 0.300. The largest absolute Gasteiger partial charge is 0.466 e. The van der Waals surface area contributed by atoms with Crippen LogP contribution in [0.25, 0.3) is 0 Å². The summed E-state index contributed by atoms with van der Waals surface area (Å²) < 4.78 is 25.2. The van der Waals surface area contributed by atoms with Crippen LogP contribution in [-0.4, -0.2) is 23.4 Å². The van der Waals surface area contributed by atoms with Crippen molar-refractivity contribution < 1.29 is 18.7 Å². The predicted molar refractivity (Wildman–Crippen MR) is 113 cm³/mol. The van der Waals surface area contributed by atoms with Gasteiger partial charge in [-0.05, 0) is 62.5 Å². The number of fused-ring (bicyclic) bond motifs is 4. The minimum atomic E-state index is -1.26. The maximum absolute atomic E-state index is 13.5. The summed E-state index contributed by atoms with van der Waals surface area (Å²) >= 11 is 18.2. The third-order valence-electron chi connectivity index (χ3n) is 5.14. The number of anilines is 1. The molecule has 29 heavy (non-hydrogen) atoms. The van der Waals surface area contributed by atoms with Crippen molar-refractivity contribution in [1.82, 2.24) is 5.32 Å². The number of benzene rings is 2. The Morgan fingerprint density at radius 2 is 2.03 bits per heavy atom. The van der Waals surface area contributed by atoms with Gasteiger partial charge in [-0.1, -0.05) is 23.2 Å². The molecule has 2 aromatic rings. The quantitative estimate of drug-likeness (QED) is 0.527. The number of ether oxygens (including phenoxy) is 2. The molecule has 0 aliphatic carbocycles. The van der Waals surface area contributed by atoms with Crippen LogP contribution in [0.4, 0.5) is 10.1 Å². The van der Waals surface area contributed by atoms with Crippen LogP contribution in [0.2, 0.25) is 10.0 Å². The monoisotopic (exact) mass is 454 g/mol. The van der Waals surface area contributed by atoms with Crippen LogP contribution in [0.5, 0.6) is 5.75 Å². The van der Waals surface area contributed by atoms with Gasteiger partial charge in [0, 0.05) is 16.3 Å². The summed E-state index contributed by atoms with van der Waals surface area (Å²) in [5.74, 6) is -1.22. The molecule has 2 heterocycles. The molecule has 2 aliphatic rings. The van der Waals surface area contributed by atoms with E-state index in [4.69, 9.17) is 44.9 Å². The van der Waals surface area contributed by atoms with E-state index in [2.05, 4.69) is 5.32 Å². The Morgan fingerprint density at radius 1 is 1.34 bits per heavy atom. The molecule has 1 saturated heterocycles. The van der Waals surface area contributed by atoms with E-state index in [-0.39, 0.29) is 12.4 Å². The van der Waals surface area contributed by atoms with Crippen LogP contribution in [0.1, 0.15) is 25.5 Å². The number of nitrogens with zero attached hydrogens (tertiary/aromatic N) is 1. The highest BCUT2D eigenvalue weighted by Gasteiger charge is 2.60. The Morgan fingerprint density at radius 3 is 2.69 bits per heavy atom. The number of thiocarbonyl (C=S) groups is 1. The van der Waals surface area contributed by atoms with Crippen LogP contribution < -0.4 is 15.0 Å². The number of halogens is 3. The Bertz CT molecular complexity index is 1000. The van der Waals surface area contributed by atoms with Crippen LogP contribution in [0, 0.1) is 11.7 Å². The first kappa shape index (κ1) is 20.2. The zero-order valence-corrected chi connectivity index (χ0v) is 17.9. The van der Waals surface area contributed by atoms with Gasteiger partial charge in [0.1, 0.15) is 17.5 Å². The number of carbonyl (C=O) groups excluding carboxylic acids is 1. The fourth-order valence-electron chi connectivity index (χ4n) is 3.97. The summed E-state index contributed by atoms with van der Waals surface area (Å²) in [4.78, 5) is 14.6. The molecule has 0 saturated carbocycles. The van der Waals surface area contributed by atoms with Gasteiger partial charge >= 0.3 is 5.97 Å². The lowest BCUT2D eigenvalue weighted by molar-refractivity contribution is -0.159. The maximum Gasteiger partial charge on any atom is 0.317 e. The van der Waals surface area contributed by atoms with Crippen LogP contribution >= 0.6 is 35.4 Å². The van der Waals surface area contributed by atoms with Crippen molar-refractivity contribution in [2.75, 3.05) is 11.5 Å². The van der Waals surface area contributed by atoms with E-state index in [0.717, 1.165) is 0 Å². The number of rotatable bonds is 3. The molecule has 0 aromatic heterocycles. The summed E-state index contributed by atoms with van der Waals surface area (Å²) in [6, 6.07) is 8.49. The van der Waals surface area contributed by atoms with E-state index in [1.54, 1.807) is 43.0 Å². The zero-order chi connectivity index (χ0) is 20.9. The standard InChI is InChI=1S/C20H17Cl2FN2O3S/c1-3-27-18(26)15-16-13-8-10(21)9-14(22)17(13)28-20(15,2)25(19(29)24-16)12-6-4-11(23)5-7-12/h4-9,15-16H,3H2,1-2H3,(H,24,29)/t15-,16-,20-/m0/s1. The SMILES string of the molecule is CCOC(=O)[C@@H]1[C@H]2NC(=S)N(c3ccc(F)cc3)[C@@]1(C)Oc1c(Cl)cc(Cl)cc12. The van der Waals surface area contributed by atoms with Crippen molar-refractivity contribution in [3.8, 4) is 5.75 Å². The highest BCUT2D eigenvalue weighted by Crippen LogP contribution is 2.52. The number of nitrogens with one attached hydrogen (secondary N) is 1. The first-order chi connectivity index (χ1) is 13.8. The molecule has 4 rings (SSSR count). The van der Waals surface area contributed by atoms with Crippen molar-refractivity contribution in [2.24, 2.45) is 5.92 Å². The molecular formula is C20H17Cl2FN2O3S. The second kappa shape index (κ2) is 7.31. The van der Waals surface area contributed by atoms with Gasteiger partial charge in [-0.25, -0.2) is 4.39 Å². The summed E-state index contributed by atoms with van der Waals surface area (Å²) in [5, 5.41) is 4.26. The molecule has 0 radical (unpaired) electrons. The average molecular weight is 455 g/mol. The number of hydrogen-bond donors (Lipinski definition) is 1. The molecule has 2 aliphatic heterocycles. The van der Waals surface area contributed by atoms with Gasteiger partial charge in [0.25, 0.3) is 0 Å². The number of esters is 1. The van der Waals surface area contributed by atoms with Gasteiger partial charge in [0.15, 0.2) is 5.11 Å². The molecular weight excluding hydrogens is 438 g/mol. The highest BCUT2D eigenvalue weighted by molar-refractivity contribution is 7.80. The molecule has 0 unspecified atom stereocenters. The Balaban J connectivity index is 1.92. The second-order valence-corrected chi connectivity index (χ2v) is 8.16. The normalized spacial score (nSPS) is 25.0. The lowest BCUT2D eigenvalue weighted by Crippen LogP contribution is -2.71. The van der Waals surface area contributed by atoms with E-state index in [9.17, 15) is 9.18 Å². The van der Waals surface area contributed by atoms with Gasteiger partial charge in [0.05, 0.1) is 17.7 Å². The minimum absolute atomic E-state index is 0.211. The van der Waals surface area contributed by atoms with Gasteiger partial charge in [-0.2, -0.15) is 0 Å². The molecule has 1 fully saturated rings. The van der Waals surface area contributed by atoms with Crippen LogP contribution in [-0.2, 0) is 9.53 Å². The zero-order valence-electron chi connectivity index (χ0n) is 15.5. The van der Waals surface area contributed by atoms with E-state index in [1.165, 1.54) is 12.1 Å². The van der Waals surface area contributed by atoms with E-state index in [0.29, 0.717) is 32.2 Å². The first-order valence-electron chi connectivity index (χ1n) is 8.97. The molecule has 9 heteroatoms. The van der Waals surface area contributed by atoms with Crippen molar-refractivity contribution in [1.29, 1.82) is 0 Å². The smallest absolute Gasteiger partial charge is 0.317 e. The lowest BCUT2D eigenvalue weighted by atomic mass is 9.79. The molecule has 2 aromatic carbocycles. The van der Waals surface area contributed by atoms with Crippen LogP contribution in [0.3, 0.4) is 0 Å². The number of carbonyl (C=O) groups is 1. The lowest BCUT2D eigenvalue weighted by Gasteiger charge is -2.55. The summed E-state index contributed by atoms with van der Waals surface area (Å²) in [6.45, 7) is 3.69. The topological polar surface area (TPSA) is 50.8 Å². The van der Waals surface area contributed by atoms with Gasteiger partial charge < -0.3 is 14.8 Å². The minimum Gasteiger partial charge on any atom is -0.466 e. The molecule has 5 nitrogen and oxygen atoms in total. The molecule has 3 atom stereocenters. The maximum atomic E-state index is 13.5. The van der Waals surface area contributed by atoms with E-state index in [1.807, 2.05) is 0 Å². The molecule has 0 spiro atoms. The molecule has 1 N–H and O–H groups in total. The van der Waals surface area contributed by atoms with Gasteiger partial charge in [0.2, 0.25) is 5.72 Å². The summed E-state index contributed by atoms with van der Waals surface area (Å²) in [6.07, 6.45) is 0. The van der Waals surface area contributed by atoms with Gasteiger partial charge in [-0.15, -0.1) is 0 Å². The molecule has 2 bridgehead atoms. The third kappa shape index (κ3) is 3.21. The Kier molecular flexibility index (Phi) is 5.09. The van der Waals surface area contributed by atoms with Gasteiger partial charge in [-0.3, -0.25) is 9.69 Å². The Labute approximate surface area is 182 Å².